The zero-order chi connectivity index (χ0) is 12.0. The van der Waals surface area contributed by atoms with Crippen molar-refractivity contribution in [1.29, 1.82) is 0 Å². The first-order valence-corrected chi connectivity index (χ1v) is 5.50. The average Bonchev–Trinajstić information content (AvgIpc) is 2.29. The van der Waals surface area contributed by atoms with Crippen LogP contribution < -0.4 is 5.73 Å². The molecule has 0 aliphatic rings. The van der Waals surface area contributed by atoms with Crippen molar-refractivity contribution in [2.24, 2.45) is 11.7 Å². The second kappa shape index (κ2) is 6.23. The molecule has 0 radical (unpaired) electrons. The summed E-state index contributed by atoms with van der Waals surface area (Å²) in [5.74, 6) is 0.106. The summed E-state index contributed by atoms with van der Waals surface area (Å²) in [5, 5.41) is 0. The van der Waals surface area contributed by atoms with E-state index in [1.54, 1.807) is 18.1 Å². The molecule has 0 saturated carbocycles. The summed E-state index contributed by atoms with van der Waals surface area (Å²) in [5.41, 5.74) is 6.34. The Balaban J connectivity index is 2.52. The molecular weight excluding hydrogens is 202 g/mol. The second-order valence-corrected chi connectivity index (χ2v) is 3.99. The maximum Gasteiger partial charge on any atom is 0.225 e. The van der Waals surface area contributed by atoms with E-state index >= 15 is 0 Å². The molecule has 0 fully saturated rings. The Bertz CT molecular complexity index is 326. The molecule has 0 spiro atoms. The molecule has 1 amide bonds. The van der Waals surface area contributed by atoms with Gasteiger partial charge in [-0.2, -0.15) is 0 Å². The first-order valence-electron chi connectivity index (χ1n) is 5.50. The van der Waals surface area contributed by atoms with E-state index in [1.807, 2.05) is 25.1 Å². The van der Waals surface area contributed by atoms with Crippen LogP contribution in [0.1, 0.15) is 19.0 Å². The molecule has 1 aromatic rings. The van der Waals surface area contributed by atoms with Gasteiger partial charge in [-0.1, -0.05) is 13.0 Å². The minimum absolute atomic E-state index is 0.0151. The molecule has 1 heterocycles. The zero-order valence-corrected chi connectivity index (χ0v) is 9.89. The van der Waals surface area contributed by atoms with Crippen molar-refractivity contribution in [3.63, 3.8) is 0 Å². The lowest BCUT2D eigenvalue weighted by atomic mass is 10.1. The standard InChI is InChI=1S/C12H19N3O/c1-10(6-7-13)12(16)15(2)9-11-5-3-4-8-14-11/h3-5,8,10H,6-7,9,13H2,1-2H3. The van der Waals surface area contributed by atoms with Crippen LogP contribution in [0.2, 0.25) is 0 Å². The van der Waals surface area contributed by atoms with Gasteiger partial charge in [0, 0.05) is 19.2 Å². The van der Waals surface area contributed by atoms with Crippen molar-refractivity contribution >= 4 is 5.91 Å². The molecule has 0 bridgehead atoms. The minimum atomic E-state index is -0.0151. The van der Waals surface area contributed by atoms with Crippen LogP contribution in [0.4, 0.5) is 0 Å². The molecule has 0 aliphatic carbocycles. The number of amides is 1. The van der Waals surface area contributed by atoms with Crippen molar-refractivity contribution in [2.45, 2.75) is 19.9 Å². The van der Waals surface area contributed by atoms with Crippen molar-refractivity contribution in [3.8, 4) is 0 Å². The molecule has 0 saturated heterocycles. The van der Waals surface area contributed by atoms with Gasteiger partial charge in [0.2, 0.25) is 5.91 Å². The van der Waals surface area contributed by atoms with Gasteiger partial charge < -0.3 is 10.6 Å². The third-order valence-electron chi connectivity index (χ3n) is 2.52. The summed E-state index contributed by atoms with van der Waals surface area (Å²) in [6.07, 6.45) is 2.46. The van der Waals surface area contributed by atoms with Crippen LogP contribution >= 0.6 is 0 Å². The Kier molecular flexibility index (Phi) is 4.92. The summed E-state index contributed by atoms with van der Waals surface area (Å²) in [6, 6.07) is 5.70. The lowest BCUT2D eigenvalue weighted by Gasteiger charge is -2.20. The fourth-order valence-corrected chi connectivity index (χ4v) is 1.56. The first-order chi connectivity index (χ1) is 7.65. The predicted molar refractivity (Wildman–Crippen MR) is 63.5 cm³/mol. The minimum Gasteiger partial charge on any atom is -0.340 e. The maximum absolute atomic E-state index is 11.9. The van der Waals surface area contributed by atoms with Gasteiger partial charge in [0.15, 0.2) is 0 Å². The van der Waals surface area contributed by atoms with Gasteiger partial charge in [-0.3, -0.25) is 9.78 Å². The van der Waals surface area contributed by atoms with E-state index in [-0.39, 0.29) is 11.8 Å². The lowest BCUT2D eigenvalue weighted by Crippen LogP contribution is -2.32. The van der Waals surface area contributed by atoms with Gasteiger partial charge in [0.1, 0.15) is 0 Å². The number of hydrogen-bond donors (Lipinski definition) is 1. The van der Waals surface area contributed by atoms with Gasteiger partial charge in [0.05, 0.1) is 12.2 Å². The van der Waals surface area contributed by atoms with Crippen molar-refractivity contribution in [1.82, 2.24) is 9.88 Å². The molecule has 0 aromatic carbocycles. The number of pyridine rings is 1. The average molecular weight is 221 g/mol. The van der Waals surface area contributed by atoms with E-state index < -0.39 is 0 Å². The molecule has 1 aromatic heterocycles. The zero-order valence-electron chi connectivity index (χ0n) is 9.89. The lowest BCUT2D eigenvalue weighted by molar-refractivity contribution is -0.134. The van der Waals surface area contributed by atoms with Crippen LogP contribution in [0, 0.1) is 5.92 Å². The van der Waals surface area contributed by atoms with Crippen LogP contribution in [-0.2, 0) is 11.3 Å². The highest BCUT2D eigenvalue weighted by atomic mass is 16.2. The van der Waals surface area contributed by atoms with Crippen molar-refractivity contribution in [2.75, 3.05) is 13.6 Å². The van der Waals surface area contributed by atoms with Crippen LogP contribution in [0.25, 0.3) is 0 Å². The second-order valence-electron chi connectivity index (χ2n) is 3.99. The van der Waals surface area contributed by atoms with Gasteiger partial charge >= 0.3 is 0 Å². The number of nitrogens with two attached hydrogens (primary N) is 1. The number of hydrogen-bond acceptors (Lipinski definition) is 3. The molecule has 2 N–H and O–H groups in total. The van der Waals surface area contributed by atoms with E-state index in [0.29, 0.717) is 13.1 Å². The van der Waals surface area contributed by atoms with Crippen LogP contribution in [-0.4, -0.2) is 29.4 Å². The van der Waals surface area contributed by atoms with E-state index in [0.717, 1.165) is 12.1 Å². The monoisotopic (exact) mass is 221 g/mol. The first kappa shape index (κ1) is 12.6. The van der Waals surface area contributed by atoms with Crippen molar-refractivity contribution in [3.05, 3.63) is 30.1 Å². The highest BCUT2D eigenvalue weighted by molar-refractivity contribution is 5.78. The summed E-state index contributed by atoms with van der Waals surface area (Å²) in [6.45, 7) is 3.00. The number of aromatic nitrogens is 1. The Morgan fingerprint density at radius 1 is 1.56 bits per heavy atom. The Morgan fingerprint density at radius 2 is 2.31 bits per heavy atom. The summed E-state index contributed by atoms with van der Waals surface area (Å²) >= 11 is 0. The molecule has 1 rings (SSSR count). The van der Waals surface area contributed by atoms with E-state index in [1.165, 1.54) is 0 Å². The number of carbonyl (C=O) groups is 1. The molecule has 1 unspecified atom stereocenters. The topological polar surface area (TPSA) is 59.2 Å². The molecular formula is C12H19N3O. The fourth-order valence-electron chi connectivity index (χ4n) is 1.56. The van der Waals surface area contributed by atoms with E-state index in [2.05, 4.69) is 4.98 Å². The normalized spacial score (nSPS) is 12.2. The number of carbonyl (C=O) groups excluding carboxylic acids is 1. The molecule has 1 atom stereocenters. The summed E-state index contributed by atoms with van der Waals surface area (Å²) < 4.78 is 0. The third kappa shape index (κ3) is 3.62. The molecule has 4 nitrogen and oxygen atoms in total. The Labute approximate surface area is 96.5 Å². The molecule has 4 heteroatoms. The largest absolute Gasteiger partial charge is 0.340 e. The highest BCUT2D eigenvalue weighted by Crippen LogP contribution is 2.07. The maximum atomic E-state index is 11.9. The van der Waals surface area contributed by atoms with Gasteiger partial charge in [-0.25, -0.2) is 0 Å². The van der Waals surface area contributed by atoms with Gasteiger partial charge in [-0.05, 0) is 25.1 Å². The molecule has 88 valence electrons. The molecule has 16 heavy (non-hydrogen) atoms. The van der Waals surface area contributed by atoms with Crippen molar-refractivity contribution < 1.29 is 4.79 Å². The van der Waals surface area contributed by atoms with Crippen LogP contribution in [0.5, 0.6) is 0 Å². The number of nitrogens with zero attached hydrogens (tertiary/aromatic N) is 2. The van der Waals surface area contributed by atoms with E-state index in [4.69, 9.17) is 5.73 Å². The van der Waals surface area contributed by atoms with Crippen LogP contribution in [0.15, 0.2) is 24.4 Å². The predicted octanol–water partition coefficient (Wildman–Crippen LogP) is 1.02. The third-order valence-corrected chi connectivity index (χ3v) is 2.52. The number of rotatable bonds is 5. The quantitative estimate of drug-likeness (QED) is 0.807. The fraction of sp³-hybridized carbons (Fsp3) is 0.500. The highest BCUT2D eigenvalue weighted by Gasteiger charge is 2.16. The Hall–Kier alpha value is -1.42. The smallest absolute Gasteiger partial charge is 0.225 e. The summed E-state index contributed by atoms with van der Waals surface area (Å²) in [7, 11) is 1.80. The van der Waals surface area contributed by atoms with Gasteiger partial charge in [0.25, 0.3) is 0 Å². The SMILES string of the molecule is CC(CCN)C(=O)N(C)Cc1ccccn1. The van der Waals surface area contributed by atoms with E-state index in [9.17, 15) is 4.79 Å². The van der Waals surface area contributed by atoms with Crippen LogP contribution in [0.3, 0.4) is 0 Å². The van der Waals surface area contributed by atoms with Gasteiger partial charge in [-0.15, -0.1) is 0 Å². The Morgan fingerprint density at radius 3 is 2.88 bits per heavy atom. The molecule has 0 aliphatic heterocycles. The summed E-state index contributed by atoms with van der Waals surface area (Å²) in [4.78, 5) is 17.8.